The number of carbonyl (C=O) groups is 3. The highest BCUT2D eigenvalue weighted by Gasteiger charge is 2.24. The molecular weight excluding hydrogens is 262 g/mol. The number of imide groups is 1. The summed E-state index contributed by atoms with van der Waals surface area (Å²) in [6.45, 7) is 5.84. The Morgan fingerprint density at radius 2 is 2.05 bits per heavy atom. The average Bonchev–Trinajstić information content (AvgIpc) is 3.12. The molecule has 0 unspecified atom stereocenters. The molecule has 112 valence electrons. The van der Waals surface area contributed by atoms with E-state index in [1.54, 1.807) is 17.9 Å². The summed E-state index contributed by atoms with van der Waals surface area (Å²) in [5.41, 5.74) is 0. The zero-order valence-electron chi connectivity index (χ0n) is 11.7. The Hall–Kier alpha value is -1.89. The van der Waals surface area contributed by atoms with Crippen LogP contribution in [0.15, 0.2) is 12.7 Å². The van der Waals surface area contributed by atoms with Gasteiger partial charge in [-0.2, -0.15) is 0 Å². The molecule has 0 bridgehead atoms. The molecule has 0 heterocycles. The number of hydrogen-bond acceptors (Lipinski definition) is 5. The predicted octanol–water partition coefficient (Wildman–Crippen LogP) is 0.0257. The molecule has 7 nitrogen and oxygen atoms in total. The molecule has 0 aromatic rings. The molecule has 7 heteroatoms. The summed E-state index contributed by atoms with van der Waals surface area (Å²) >= 11 is 0. The van der Waals surface area contributed by atoms with Gasteiger partial charge in [0.15, 0.2) is 0 Å². The number of ether oxygens (including phenoxy) is 1. The molecule has 0 aromatic carbocycles. The summed E-state index contributed by atoms with van der Waals surface area (Å²) in [5, 5.41) is 4.88. The number of nitrogens with zero attached hydrogens (tertiary/aromatic N) is 1. The molecule has 1 rings (SSSR count). The monoisotopic (exact) mass is 283 g/mol. The topological polar surface area (TPSA) is 87.7 Å². The Balaban J connectivity index is 2.34. The Morgan fingerprint density at radius 1 is 1.35 bits per heavy atom. The third kappa shape index (κ3) is 6.89. The highest BCUT2D eigenvalue weighted by atomic mass is 16.5. The molecule has 0 saturated heterocycles. The third-order valence-corrected chi connectivity index (χ3v) is 2.58. The number of urea groups is 1. The molecule has 1 aliphatic carbocycles. The molecule has 0 radical (unpaired) electrons. The smallest absolute Gasteiger partial charge is 0.321 e. The average molecular weight is 283 g/mol. The van der Waals surface area contributed by atoms with Gasteiger partial charge >= 0.3 is 12.0 Å². The van der Waals surface area contributed by atoms with Crippen LogP contribution in [0, 0.1) is 0 Å². The van der Waals surface area contributed by atoms with Crippen LogP contribution >= 0.6 is 0 Å². The van der Waals surface area contributed by atoms with Crippen molar-refractivity contribution in [1.82, 2.24) is 15.5 Å². The first-order chi connectivity index (χ1) is 9.55. The van der Waals surface area contributed by atoms with Crippen LogP contribution in [0.2, 0.25) is 0 Å². The van der Waals surface area contributed by atoms with Gasteiger partial charge in [0.25, 0.3) is 0 Å². The molecule has 0 aromatic heterocycles. The van der Waals surface area contributed by atoms with Crippen molar-refractivity contribution in [3.63, 3.8) is 0 Å². The third-order valence-electron chi connectivity index (χ3n) is 2.58. The molecule has 1 aliphatic rings. The van der Waals surface area contributed by atoms with Crippen LogP contribution in [0.4, 0.5) is 4.79 Å². The van der Waals surface area contributed by atoms with E-state index in [1.165, 1.54) is 0 Å². The number of carbonyl (C=O) groups excluding carboxylic acids is 3. The van der Waals surface area contributed by atoms with Crippen LogP contribution in [0.3, 0.4) is 0 Å². The van der Waals surface area contributed by atoms with E-state index in [0.29, 0.717) is 6.54 Å². The van der Waals surface area contributed by atoms with Crippen LogP contribution in [0.1, 0.15) is 19.8 Å². The molecule has 20 heavy (non-hydrogen) atoms. The van der Waals surface area contributed by atoms with E-state index in [1.807, 2.05) is 0 Å². The summed E-state index contributed by atoms with van der Waals surface area (Å²) in [5.74, 6) is -0.876. The maximum absolute atomic E-state index is 11.7. The van der Waals surface area contributed by atoms with E-state index >= 15 is 0 Å². The van der Waals surface area contributed by atoms with Crippen molar-refractivity contribution in [1.29, 1.82) is 0 Å². The molecule has 1 saturated carbocycles. The standard InChI is InChI=1S/C13H21N3O4/c1-3-7-16(9-12(18)20-4-2)8-11(17)15-13(19)14-10-5-6-10/h3,10H,1,4-9H2,2H3,(H2,14,15,17,19). The number of hydrogen-bond donors (Lipinski definition) is 2. The summed E-state index contributed by atoms with van der Waals surface area (Å²) in [7, 11) is 0. The molecule has 2 N–H and O–H groups in total. The van der Waals surface area contributed by atoms with Gasteiger partial charge in [-0.15, -0.1) is 6.58 Å². The molecule has 0 aliphatic heterocycles. The first kappa shape index (κ1) is 16.2. The number of rotatable bonds is 8. The Bertz CT molecular complexity index is 380. The predicted molar refractivity (Wildman–Crippen MR) is 73.0 cm³/mol. The van der Waals surface area contributed by atoms with Gasteiger partial charge < -0.3 is 10.1 Å². The van der Waals surface area contributed by atoms with Gasteiger partial charge in [-0.1, -0.05) is 6.08 Å². The number of nitrogens with one attached hydrogen (secondary N) is 2. The largest absolute Gasteiger partial charge is 0.465 e. The minimum absolute atomic E-state index is 0.0163. The lowest BCUT2D eigenvalue weighted by Crippen LogP contribution is -2.46. The second kappa shape index (κ2) is 8.31. The van der Waals surface area contributed by atoms with E-state index < -0.39 is 17.9 Å². The lowest BCUT2D eigenvalue weighted by molar-refractivity contribution is -0.144. The fourth-order valence-electron chi connectivity index (χ4n) is 1.58. The maximum Gasteiger partial charge on any atom is 0.321 e. The second-order valence-electron chi connectivity index (χ2n) is 4.56. The summed E-state index contributed by atoms with van der Waals surface area (Å²) in [6, 6.07) is -0.307. The summed E-state index contributed by atoms with van der Waals surface area (Å²) in [4.78, 5) is 36.0. The van der Waals surface area contributed by atoms with Crippen molar-refractivity contribution in [2.24, 2.45) is 0 Å². The van der Waals surface area contributed by atoms with Crippen molar-refractivity contribution in [2.45, 2.75) is 25.8 Å². The van der Waals surface area contributed by atoms with E-state index in [4.69, 9.17) is 4.74 Å². The highest BCUT2D eigenvalue weighted by Crippen LogP contribution is 2.18. The second-order valence-corrected chi connectivity index (χ2v) is 4.56. The van der Waals surface area contributed by atoms with Gasteiger partial charge in [0, 0.05) is 12.6 Å². The van der Waals surface area contributed by atoms with Crippen LogP contribution in [0.5, 0.6) is 0 Å². The Morgan fingerprint density at radius 3 is 2.60 bits per heavy atom. The van der Waals surface area contributed by atoms with Gasteiger partial charge in [-0.25, -0.2) is 4.79 Å². The van der Waals surface area contributed by atoms with Crippen molar-refractivity contribution in [2.75, 3.05) is 26.2 Å². The maximum atomic E-state index is 11.7. The highest BCUT2D eigenvalue weighted by molar-refractivity contribution is 5.95. The molecule has 0 spiro atoms. The van der Waals surface area contributed by atoms with E-state index in [2.05, 4.69) is 17.2 Å². The lowest BCUT2D eigenvalue weighted by atomic mass is 10.4. The fraction of sp³-hybridized carbons (Fsp3) is 0.615. The quantitative estimate of drug-likeness (QED) is 0.484. The minimum Gasteiger partial charge on any atom is -0.465 e. The van der Waals surface area contributed by atoms with Crippen molar-refractivity contribution < 1.29 is 19.1 Å². The Kier molecular flexibility index (Phi) is 6.72. The number of amides is 3. The van der Waals surface area contributed by atoms with Gasteiger partial charge in [0.05, 0.1) is 19.7 Å². The normalized spacial score (nSPS) is 13.7. The Labute approximate surface area is 118 Å². The van der Waals surface area contributed by atoms with Gasteiger partial charge in [-0.05, 0) is 19.8 Å². The van der Waals surface area contributed by atoms with Crippen LogP contribution < -0.4 is 10.6 Å². The lowest BCUT2D eigenvalue weighted by Gasteiger charge is -2.18. The van der Waals surface area contributed by atoms with Crippen molar-refractivity contribution in [3.05, 3.63) is 12.7 Å². The minimum atomic E-state index is -0.493. The molecule has 0 atom stereocenters. The van der Waals surface area contributed by atoms with Crippen molar-refractivity contribution in [3.8, 4) is 0 Å². The SMILES string of the molecule is C=CCN(CC(=O)NC(=O)NC1CC1)CC(=O)OCC. The van der Waals surface area contributed by atoms with Crippen LogP contribution in [-0.4, -0.2) is 55.1 Å². The fourth-order valence-corrected chi connectivity index (χ4v) is 1.58. The zero-order valence-corrected chi connectivity index (χ0v) is 11.7. The van der Waals surface area contributed by atoms with Crippen molar-refractivity contribution >= 4 is 17.9 Å². The van der Waals surface area contributed by atoms with Gasteiger partial charge in [-0.3, -0.25) is 19.8 Å². The van der Waals surface area contributed by atoms with E-state index in [-0.39, 0.29) is 25.7 Å². The van der Waals surface area contributed by atoms with E-state index in [0.717, 1.165) is 12.8 Å². The van der Waals surface area contributed by atoms with Gasteiger partial charge in [0.1, 0.15) is 0 Å². The van der Waals surface area contributed by atoms with E-state index in [9.17, 15) is 14.4 Å². The van der Waals surface area contributed by atoms with Crippen LogP contribution in [-0.2, 0) is 14.3 Å². The zero-order chi connectivity index (χ0) is 15.0. The van der Waals surface area contributed by atoms with Crippen LogP contribution in [0.25, 0.3) is 0 Å². The molecule has 3 amide bonds. The van der Waals surface area contributed by atoms with Gasteiger partial charge in [0.2, 0.25) is 5.91 Å². The summed E-state index contributed by atoms with van der Waals surface area (Å²) in [6.07, 6.45) is 3.48. The molecule has 1 fully saturated rings. The first-order valence-electron chi connectivity index (χ1n) is 6.64. The first-order valence-corrected chi connectivity index (χ1v) is 6.64. The summed E-state index contributed by atoms with van der Waals surface area (Å²) < 4.78 is 4.82. The molecular formula is C13H21N3O4. The number of esters is 1.